The zero-order valence-corrected chi connectivity index (χ0v) is 20.8. The third kappa shape index (κ3) is 6.05. The molecule has 0 aliphatic carbocycles. The number of oxazole rings is 1. The molecule has 0 saturated heterocycles. The summed E-state index contributed by atoms with van der Waals surface area (Å²) in [6.07, 6.45) is 0.568. The van der Waals surface area contributed by atoms with Crippen molar-refractivity contribution < 1.29 is 28.5 Å². The number of aryl methyl sites for hydroxylation is 2. The second-order valence-corrected chi connectivity index (χ2v) is 8.90. The van der Waals surface area contributed by atoms with Crippen molar-refractivity contribution in [1.82, 2.24) is 4.98 Å². The Morgan fingerprint density at radius 2 is 1.67 bits per heavy atom. The van der Waals surface area contributed by atoms with Crippen LogP contribution in [0.15, 0.2) is 77.2 Å². The number of carboxylic acid groups (broad SMARTS) is 1. The fraction of sp³-hybridized carbons (Fsp3) is 0.241. The summed E-state index contributed by atoms with van der Waals surface area (Å²) >= 11 is 0. The number of carbonyl (C=O) groups is 1. The van der Waals surface area contributed by atoms with Crippen LogP contribution >= 0.6 is 0 Å². The molecular formula is C29H29NO6. The van der Waals surface area contributed by atoms with Crippen LogP contribution in [0.5, 0.6) is 23.0 Å². The minimum absolute atomic E-state index is 0.407. The first-order valence-electron chi connectivity index (χ1n) is 11.7. The second-order valence-electron chi connectivity index (χ2n) is 8.90. The zero-order chi connectivity index (χ0) is 25.7. The number of para-hydroxylation sites is 1. The lowest BCUT2D eigenvalue weighted by Crippen LogP contribution is -2.37. The van der Waals surface area contributed by atoms with E-state index in [4.69, 9.17) is 18.6 Å². The summed E-state index contributed by atoms with van der Waals surface area (Å²) in [5.74, 6) is 2.86. The maximum absolute atomic E-state index is 11.2. The van der Waals surface area contributed by atoms with Crippen LogP contribution in [0.3, 0.4) is 0 Å². The molecule has 4 aromatic rings. The largest absolute Gasteiger partial charge is 0.493 e. The van der Waals surface area contributed by atoms with E-state index < -0.39 is 11.6 Å². The predicted octanol–water partition coefficient (Wildman–Crippen LogP) is 6.61. The van der Waals surface area contributed by atoms with Gasteiger partial charge >= 0.3 is 5.97 Å². The van der Waals surface area contributed by atoms with Crippen molar-refractivity contribution in [1.29, 1.82) is 0 Å². The smallest absolute Gasteiger partial charge is 0.347 e. The molecule has 186 valence electrons. The van der Waals surface area contributed by atoms with E-state index in [0.29, 0.717) is 36.2 Å². The van der Waals surface area contributed by atoms with Gasteiger partial charge in [0.25, 0.3) is 0 Å². The van der Waals surface area contributed by atoms with E-state index in [9.17, 15) is 9.90 Å². The van der Waals surface area contributed by atoms with Gasteiger partial charge in [0.05, 0.1) is 12.3 Å². The molecule has 4 rings (SSSR count). The van der Waals surface area contributed by atoms with Crippen molar-refractivity contribution in [3.8, 4) is 34.5 Å². The van der Waals surface area contributed by atoms with E-state index in [1.54, 1.807) is 24.3 Å². The Kier molecular flexibility index (Phi) is 7.29. The standard InChI is InChI=1S/C29H29NO6/c1-19-8-5-6-11-26(19)35-24-10-7-9-21(18-24)27-30-25(20(2)34-27)16-17-33-22-12-14-23(15-13-22)36-29(3,4)28(31)32/h5-15,18H,16-17H2,1-4H3,(H,31,32). The number of aromatic nitrogens is 1. The van der Waals surface area contributed by atoms with Crippen molar-refractivity contribution in [3.63, 3.8) is 0 Å². The molecule has 0 fully saturated rings. The molecule has 1 aromatic heterocycles. The van der Waals surface area contributed by atoms with Gasteiger partial charge in [0.15, 0.2) is 5.60 Å². The van der Waals surface area contributed by atoms with Crippen molar-refractivity contribution in [2.24, 2.45) is 0 Å². The van der Waals surface area contributed by atoms with Crippen LogP contribution in [-0.2, 0) is 11.2 Å². The first-order valence-corrected chi connectivity index (χ1v) is 11.7. The highest BCUT2D eigenvalue weighted by molar-refractivity contribution is 5.76. The van der Waals surface area contributed by atoms with Gasteiger partial charge in [0.2, 0.25) is 5.89 Å². The molecule has 0 bridgehead atoms. The highest BCUT2D eigenvalue weighted by atomic mass is 16.5. The molecule has 3 aromatic carbocycles. The zero-order valence-electron chi connectivity index (χ0n) is 20.8. The Balaban J connectivity index is 1.36. The van der Waals surface area contributed by atoms with E-state index in [2.05, 4.69) is 4.98 Å². The van der Waals surface area contributed by atoms with Gasteiger partial charge in [-0.15, -0.1) is 0 Å². The summed E-state index contributed by atoms with van der Waals surface area (Å²) in [6.45, 7) is 7.30. The Hall–Kier alpha value is -4.26. The molecular weight excluding hydrogens is 458 g/mol. The first-order chi connectivity index (χ1) is 17.2. The van der Waals surface area contributed by atoms with Gasteiger partial charge in [-0.05, 0) is 81.8 Å². The Morgan fingerprint density at radius 1 is 0.944 bits per heavy atom. The maximum atomic E-state index is 11.2. The normalized spacial score (nSPS) is 11.2. The molecule has 0 radical (unpaired) electrons. The Labute approximate surface area is 210 Å². The van der Waals surface area contributed by atoms with Gasteiger partial charge in [0.1, 0.15) is 28.8 Å². The van der Waals surface area contributed by atoms with E-state index >= 15 is 0 Å². The summed E-state index contributed by atoms with van der Waals surface area (Å²) in [4.78, 5) is 15.9. The topological polar surface area (TPSA) is 91.0 Å². The molecule has 0 aliphatic heterocycles. The van der Waals surface area contributed by atoms with Crippen molar-refractivity contribution in [2.75, 3.05) is 6.61 Å². The number of hydrogen-bond donors (Lipinski definition) is 1. The summed E-state index contributed by atoms with van der Waals surface area (Å²) in [5.41, 5.74) is 1.40. The SMILES string of the molecule is Cc1ccccc1Oc1cccc(-c2nc(CCOc3ccc(OC(C)(C)C(=O)O)cc3)c(C)o2)c1. The monoisotopic (exact) mass is 487 g/mol. The lowest BCUT2D eigenvalue weighted by Gasteiger charge is -2.21. The van der Waals surface area contributed by atoms with Gasteiger partial charge < -0.3 is 23.7 Å². The van der Waals surface area contributed by atoms with E-state index in [1.165, 1.54) is 13.8 Å². The summed E-state index contributed by atoms with van der Waals surface area (Å²) in [7, 11) is 0. The van der Waals surface area contributed by atoms with E-state index in [-0.39, 0.29) is 0 Å². The van der Waals surface area contributed by atoms with Gasteiger partial charge in [-0.2, -0.15) is 0 Å². The fourth-order valence-electron chi connectivity index (χ4n) is 3.48. The predicted molar refractivity (Wildman–Crippen MR) is 136 cm³/mol. The van der Waals surface area contributed by atoms with Crippen LogP contribution in [0.25, 0.3) is 11.5 Å². The fourth-order valence-corrected chi connectivity index (χ4v) is 3.48. The lowest BCUT2D eigenvalue weighted by atomic mass is 10.1. The van der Waals surface area contributed by atoms with Crippen LogP contribution in [0.1, 0.15) is 30.9 Å². The van der Waals surface area contributed by atoms with Crippen LogP contribution < -0.4 is 14.2 Å². The quantitative estimate of drug-likeness (QED) is 0.269. The number of benzene rings is 3. The van der Waals surface area contributed by atoms with Crippen molar-refractivity contribution in [3.05, 3.63) is 89.8 Å². The highest BCUT2D eigenvalue weighted by Gasteiger charge is 2.29. The molecule has 0 spiro atoms. The van der Waals surface area contributed by atoms with E-state index in [1.807, 2.05) is 62.4 Å². The molecule has 1 heterocycles. The van der Waals surface area contributed by atoms with Crippen LogP contribution in [0, 0.1) is 13.8 Å². The summed E-state index contributed by atoms with van der Waals surface area (Å²) in [6, 6.07) is 22.4. The van der Waals surface area contributed by atoms with Crippen molar-refractivity contribution in [2.45, 2.75) is 39.7 Å². The third-order valence-electron chi connectivity index (χ3n) is 5.61. The highest BCUT2D eigenvalue weighted by Crippen LogP contribution is 2.30. The minimum atomic E-state index is -1.31. The molecule has 0 atom stereocenters. The number of carboxylic acids is 1. The minimum Gasteiger partial charge on any atom is -0.493 e. The molecule has 0 unspecified atom stereocenters. The molecule has 1 N–H and O–H groups in total. The van der Waals surface area contributed by atoms with E-state index in [0.717, 1.165) is 28.3 Å². The summed E-state index contributed by atoms with van der Waals surface area (Å²) in [5, 5.41) is 9.19. The lowest BCUT2D eigenvalue weighted by molar-refractivity contribution is -0.152. The molecule has 0 amide bonds. The Morgan fingerprint density at radius 3 is 2.39 bits per heavy atom. The second kappa shape index (κ2) is 10.6. The average molecular weight is 488 g/mol. The third-order valence-corrected chi connectivity index (χ3v) is 5.61. The van der Waals surface area contributed by atoms with Gasteiger partial charge in [-0.1, -0.05) is 24.3 Å². The van der Waals surface area contributed by atoms with Gasteiger partial charge in [0, 0.05) is 12.0 Å². The molecule has 36 heavy (non-hydrogen) atoms. The number of rotatable bonds is 10. The molecule has 7 heteroatoms. The van der Waals surface area contributed by atoms with Crippen LogP contribution in [-0.4, -0.2) is 28.3 Å². The number of ether oxygens (including phenoxy) is 3. The number of aliphatic carboxylic acids is 1. The molecule has 0 aliphatic rings. The van der Waals surface area contributed by atoms with Gasteiger partial charge in [-0.25, -0.2) is 9.78 Å². The molecule has 0 saturated carbocycles. The van der Waals surface area contributed by atoms with Crippen LogP contribution in [0.2, 0.25) is 0 Å². The van der Waals surface area contributed by atoms with Crippen molar-refractivity contribution >= 4 is 5.97 Å². The number of hydrogen-bond acceptors (Lipinski definition) is 6. The number of nitrogens with zero attached hydrogens (tertiary/aromatic N) is 1. The summed E-state index contributed by atoms with van der Waals surface area (Å²) < 4.78 is 23.3. The maximum Gasteiger partial charge on any atom is 0.347 e. The molecule has 7 nitrogen and oxygen atoms in total. The van der Waals surface area contributed by atoms with Gasteiger partial charge in [-0.3, -0.25) is 0 Å². The van der Waals surface area contributed by atoms with Crippen LogP contribution in [0.4, 0.5) is 0 Å². The first kappa shape index (κ1) is 24.9. The Bertz CT molecular complexity index is 1340. The average Bonchev–Trinajstić information content (AvgIpc) is 3.22.